The van der Waals surface area contributed by atoms with Crippen LogP contribution in [0, 0.1) is 0 Å². The Hall–Kier alpha value is -1.91. The highest BCUT2D eigenvalue weighted by Gasteiger charge is 2.14. The topological polar surface area (TPSA) is 68.0 Å². The van der Waals surface area contributed by atoms with E-state index in [0.717, 1.165) is 16.6 Å². The first-order valence-corrected chi connectivity index (χ1v) is 5.19. The van der Waals surface area contributed by atoms with Crippen LogP contribution in [0.15, 0.2) is 18.2 Å². The summed E-state index contributed by atoms with van der Waals surface area (Å²) in [6, 6.07) is 5.38. The van der Waals surface area contributed by atoms with E-state index in [1.165, 1.54) is 0 Å². The lowest BCUT2D eigenvalue weighted by Crippen LogP contribution is -2.06. The van der Waals surface area contributed by atoms with Crippen LogP contribution in [-0.2, 0) is 11.3 Å². The molecule has 0 spiro atoms. The summed E-state index contributed by atoms with van der Waals surface area (Å²) >= 11 is 0. The number of rotatable bonds is 3. The molecule has 2 aromatic rings. The summed E-state index contributed by atoms with van der Waals surface area (Å²) in [5.41, 5.74) is 2.29. The highest BCUT2D eigenvalue weighted by Crippen LogP contribution is 2.19. The molecule has 0 saturated heterocycles. The fraction of sp³-hybridized carbons (Fsp3) is 0.364. The summed E-state index contributed by atoms with van der Waals surface area (Å²) in [6.07, 6.45) is 0. The third-order valence-corrected chi connectivity index (χ3v) is 2.60. The first-order valence-electron chi connectivity index (χ1n) is 5.19. The van der Waals surface area contributed by atoms with E-state index in [9.17, 15) is 4.79 Å². The molecule has 0 fully saturated rings. The molecule has 84 valence electrons. The minimum absolute atomic E-state index is 0.517. The van der Waals surface area contributed by atoms with E-state index in [-0.39, 0.29) is 0 Å². The van der Waals surface area contributed by atoms with Crippen LogP contribution < -0.4 is 0 Å². The van der Waals surface area contributed by atoms with Gasteiger partial charge < -0.3 is 5.11 Å². The van der Waals surface area contributed by atoms with Gasteiger partial charge in [-0.1, -0.05) is 6.07 Å². The predicted molar refractivity (Wildman–Crippen MR) is 59.3 cm³/mol. The molecule has 1 unspecified atom stereocenters. The molecule has 0 aliphatic heterocycles. The van der Waals surface area contributed by atoms with Crippen molar-refractivity contribution in [1.29, 1.82) is 0 Å². The van der Waals surface area contributed by atoms with Crippen molar-refractivity contribution in [3.05, 3.63) is 23.8 Å². The number of carboxylic acid groups (broad SMARTS) is 1. The van der Waals surface area contributed by atoms with E-state index in [2.05, 4.69) is 10.2 Å². The molecular weight excluding hydrogens is 206 g/mol. The quantitative estimate of drug-likeness (QED) is 0.852. The molecule has 0 bridgehead atoms. The van der Waals surface area contributed by atoms with Gasteiger partial charge in [0.05, 0.1) is 12.5 Å². The fourth-order valence-corrected chi connectivity index (χ4v) is 1.53. The van der Waals surface area contributed by atoms with Gasteiger partial charge in [0.1, 0.15) is 11.0 Å². The Morgan fingerprint density at radius 2 is 2.12 bits per heavy atom. The van der Waals surface area contributed by atoms with Crippen molar-refractivity contribution in [1.82, 2.24) is 15.0 Å². The largest absolute Gasteiger partial charge is 0.481 e. The van der Waals surface area contributed by atoms with Crippen LogP contribution in [0.5, 0.6) is 0 Å². The number of hydrogen-bond donors (Lipinski definition) is 1. The molecule has 5 nitrogen and oxygen atoms in total. The smallest absolute Gasteiger partial charge is 0.310 e. The maximum Gasteiger partial charge on any atom is 0.310 e. The van der Waals surface area contributed by atoms with Crippen LogP contribution in [0.3, 0.4) is 0 Å². The summed E-state index contributed by atoms with van der Waals surface area (Å²) in [5.74, 6) is -1.35. The Bertz CT molecular complexity index is 533. The Kier molecular flexibility index (Phi) is 2.60. The predicted octanol–water partition coefficient (Wildman–Crippen LogP) is 1.64. The number of fused-ring (bicyclic) bond motifs is 1. The van der Waals surface area contributed by atoms with E-state index in [1.54, 1.807) is 23.9 Å². The molecule has 0 saturated carbocycles. The van der Waals surface area contributed by atoms with Gasteiger partial charge in [0, 0.05) is 0 Å². The lowest BCUT2D eigenvalue weighted by atomic mass is 10.0. The summed E-state index contributed by atoms with van der Waals surface area (Å²) in [6.45, 7) is 4.33. The molecule has 1 N–H and O–H groups in total. The number of nitrogens with zero attached hydrogens (tertiary/aromatic N) is 3. The summed E-state index contributed by atoms with van der Waals surface area (Å²) in [5, 5.41) is 17.4. The Balaban J connectivity index is 2.46. The zero-order valence-electron chi connectivity index (χ0n) is 9.21. The first kappa shape index (κ1) is 10.6. The van der Waals surface area contributed by atoms with Gasteiger partial charge in [-0.2, -0.15) is 15.0 Å². The minimum Gasteiger partial charge on any atom is -0.481 e. The molecule has 0 aliphatic carbocycles. The Morgan fingerprint density at radius 3 is 2.75 bits per heavy atom. The molecule has 1 aromatic carbocycles. The van der Waals surface area contributed by atoms with Crippen LogP contribution in [0.1, 0.15) is 25.3 Å². The van der Waals surface area contributed by atoms with Crippen molar-refractivity contribution in [3.8, 4) is 0 Å². The maximum atomic E-state index is 10.9. The molecule has 2 rings (SSSR count). The number of aromatic nitrogens is 3. The standard InChI is InChI=1S/C11H13N3O2/c1-3-14-12-9-5-4-8(6-10(9)13-14)7(2)11(15)16/h4-7H,3H2,1-2H3,(H,15,16). The molecular formula is C11H13N3O2. The van der Waals surface area contributed by atoms with Gasteiger partial charge in [0.2, 0.25) is 0 Å². The summed E-state index contributed by atoms with van der Waals surface area (Å²) < 4.78 is 0. The van der Waals surface area contributed by atoms with Gasteiger partial charge in [0.15, 0.2) is 0 Å². The third-order valence-electron chi connectivity index (χ3n) is 2.60. The van der Waals surface area contributed by atoms with E-state index in [0.29, 0.717) is 6.54 Å². The highest BCUT2D eigenvalue weighted by atomic mass is 16.4. The lowest BCUT2D eigenvalue weighted by molar-refractivity contribution is -0.138. The molecule has 0 radical (unpaired) electrons. The Labute approximate surface area is 92.7 Å². The monoisotopic (exact) mass is 219 g/mol. The van der Waals surface area contributed by atoms with Crippen LogP contribution in [-0.4, -0.2) is 26.1 Å². The van der Waals surface area contributed by atoms with Crippen LogP contribution in [0.2, 0.25) is 0 Å². The van der Waals surface area contributed by atoms with Crippen molar-refractivity contribution in [3.63, 3.8) is 0 Å². The van der Waals surface area contributed by atoms with Gasteiger partial charge in [0.25, 0.3) is 0 Å². The second-order valence-corrected chi connectivity index (χ2v) is 3.70. The Morgan fingerprint density at radius 1 is 1.44 bits per heavy atom. The second-order valence-electron chi connectivity index (χ2n) is 3.70. The first-order chi connectivity index (χ1) is 7.61. The number of aryl methyl sites for hydroxylation is 1. The number of benzene rings is 1. The number of carboxylic acids is 1. The number of aliphatic carboxylic acids is 1. The molecule has 1 atom stereocenters. The molecule has 0 aliphatic rings. The minimum atomic E-state index is -0.831. The normalized spacial score (nSPS) is 12.9. The van der Waals surface area contributed by atoms with E-state index in [4.69, 9.17) is 5.11 Å². The van der Waals surface area contributed by atoms with Crippen molar-refractivity contribution >= 4 is 17.0 Å². The van der Waals surface area contributed by atoms with Crippen molar-refractivity contribution < 1.29 is 9.90 Å². The summed E-state index contributed by atoms with van der Waals surface area (Å²) in [7, 11) is 0. The van der Waals surface area contributed by atoms with Gasteiger partial charge in [-0.25, -0.2) is 0 Å². The van der Waals surface area contributed by atoms with E-state index < -0.39 is 11.9 Å². The van der Waals surface area contributed by atoms with Crippen molar-refractivity contribution in [2.75, 3.05) is 0 Å². The summed E-state index contributed by atoms with van der Waals surface area (Å²) in [4.78, 5) is 12.5. The van der Waals surface area contributed by atoms with Crippen molar-refractivity contribution in [2.24, 2.45) is 0 Å². The van der Waals surface area contributed by atoms with Gasteiger partial charge in [-0.05, 0) is 31.5 Å². The average molecular weight is 219 g/mol. The highest BCUT2D eigenvalue weighted by molar-refractivity contribution is 5.80. The number of carbonyl (C=O) groups is 1. The number of hydrogen-bond acceptors (Lipinski definition) is 3. The second kappa shape index (κ2) is 3.92. The van der Waals surface area contributed by atoms with Gasteiger partial charge in [-0.3, -0.25) is 4.79 Å². The fourth-order valence-electron chi connectivity index (χ4n) is 1.53. The molecule has 16 heavy (non-hydrogen) atoms. The molecule has 1 aromatic heterocycles. The molecule has 1 heterocycles. The van der Waals surface area contributed by atoms with Crippen LogP contribution in [0.4, 0.5) is 0 Å². The maximum absolute atomic E-state index is 10.9. The zero-order chi connectivity index (χ0) is 11.7. The molecule has 5 heteroatoms. The lowest BCUT2D eigenvalue weighted by Gasteiger charge is -2.04. The third kappa shape index (κ3) is 1.76. The van der Waals surface area contributed by atoms with E-state index >= 15 is 0 Å². The van der Waals surface area contributed by atoms with Crippen LogP contribution >= 0.6 is 0 Å². The van der Waals surface area contributed by atoms with Gasteiger partial charge >= 0.3 is 5.97 Å². The van der Waals surface area contributed by atoms with Crippen molar-refractivity contribution in [2.45, 2.75) is 26.3 Å². The SMILES string of the molecule is CCn1nc2ccc(C(C)C(=O)O)cc2n1. The van der Waals surface area contributed by atoms with E-state index in [1.807, 2.05) is 13.0 Å². The zero-order valence-corrected chi connectivity index (χ0v) is 9.21. The average Bonchev–Trinajstić information content (AvgIpc) is 2.69. The van der Waals surface area contributed by atoms with Gasteiger partial charge in [-0.15, -0.1) is 0 Å². The molecule has 0 amide bonds. The van der Waals surface area contributed by atoms with Crippen LogP contribution in [0.25, 0.3) is 11.0 Å².